The van der Waals surface area contributed by atoms with Gasteiger partial charge in [0.15, 0.2) is 0 Å². The fourth-order valence-corrected chi connectivity index (χ4v) is 3.98. The Hall–Kier alpha value is -1.14. The van der Waals surface area contributed by atoms with Crippen LogP contribution in [-0.2, 0) is 4.74 Å². The number of carbonyl (C=O) groups excluding carboxylic acids is 1. The number of hydrogen-bond donors (Lipinski definition) is 3. The van der Waals surface area contributed by atoms with E-state index in [0.717, 1.165) is 26.3 Å². The van der Waals surface area contributed by atoms with Crippen LogP contribution in [0.2, 0.25) is 5.02 Å². The highest BCUT2D eigenvalue weighted by molar-refractivity contribution is 6.33. The normalized spacial score (nSPS) is 27.1. The molecule has 132 valence electrons. The summed E-state index contributed by atoms with van der Waals surface area (Å²) in [6.07, 6.45) is 3.69. The molecule has 1 heterocycles. The van der Waals surface area contributed by atoms with E-state index in [4.69, 9.17) is 16.3 Å². The van der Waals surface area contributed by atoms with Gasteiger partial charge in [0.1, 0.15) is 0 Å². The van der Waals surface area contributed by atoms with Crippen LogP contribution in [0.5, 0.6) is 0 Å². The quantitative estimate of drug-likeness (QED) is 0.684. The van der Waals surface area contributed by atoms with Gasteiger partial charge in [-0.3, -0.25) is 4.79 Å². The lowest BCUT2D eigenvalue weighted by Gasteiger charge is -2.33. The molecule has 1 aliphatic carbocycles. The van der Waals surface area contributed by atoms with Gasteiger partial charge in [-0.1, -0.05) is 30.2 Å². The van der Waals surface area contributed by atoms with E-state index >= 15 is 0 Å². The Morgan fingerprint density at radius 1 is 1.29 bits per heavy atom. The van der Waals surface area contributed by atoms with E-state index in [1.165, 1.54) is 19.3 Å². The predicted molar refractivity (Wildman–Crippen MR) is 95.5 cm³/mol. The molecule has 3 unspecified atom stereocenters. The summed E-state index contributed by atoms with van der Waals surface area (Å²) in [6, 6.07) is 8.08. The standard InChI is InChI=1S/C18H26ClN3O2/c19-15-6-2-1-4-13(15)18(23)22-9-8-20-16-7-3-5-14(16)17-12-24-11-10-21-17/h1-2,4,6,14,16-17,20-21H,3,5,7-12H2,(H,22,23). The molecule has 6 heteroatoms. The van der Waals surface area contributed by atoms with Crippen LogP contribution < -0.4 is 16.0 Å². The second-order valence-electron chi connectivity index (χ2n) is 6.53. The summed E-state index contributed by atoms with van der Waals surface area (Å²) in [5.41, 5.74) is 0.529. The topological polar surface area (TPSA) is 62.4 Å². The molecule has 0 aromatic heterocycles. The van der Waals surface area contributed by atoms with Gasteiger partial charge in [-0.15, -0.1) is 0 Å². The van der Waals surface area contributed by atoms with Crippen molar-refractivity contribution in [1.29, 1.82) is 0 Å². The van der Waals surface area contributed by atoms with Crippen molar-refractivity contribution in [3.8, 4) is 0 Å². The van der Waals surface area contributed by atoms with Gasteiger partial charge >= 0.3 is 0 Å². The van der Waals surface area contributed by atoms with Gasteiger partial charge in [0.25, 0.3) is 5.91 Å². The average Bonchev–Trinajstić information content (AvgIpc) is 3.08. The zero-order valence-corrected chi connectivity index (χ0v) is 14.6. The highest BCUT2D eigenvalue weighted by atomic mass is 35.5. The van der Waals surface area contributed by atoms with E-state index in [0.29, 0.717) is 35.1 Å². The van der Waals surface area contributed by atoms with Crippen molar-refractivity contribution in [1.82, 2.24) is 16.0 Å². The molecule has 2 fully saturated rings. The van der Waals surface area contributed by atoms with Crippen LogP contribution in [0.15, 0.2) is 24.3 Å². The van der Waals surface area contributed by atoms with E-state index in [1.54, 1.807) is 12.1 Å². The number of hydrogen-bond acceptors (Lipinski definition) is 4. The van der Waals surface area contributed by atoms with Gasteiger partial charge < -0.3 is 20.7 Å². The van der Waals surface area contributed by atoms with Crippen molar-refractivity contribution >= 4 is 17.5 Å². The summed E-state index contributed by atoms with van der Waals surface area (Å²) in [7, 11) is 0. The third kappa shape index (κ3) is 4.48. The van der Waals surface area contributed by atoms with E-state index in [2.05, 4.69) is 16.0 Å². The van der Waals surface area contributed by atoms with Gasteiger partial charge in [-0.05, 0) is 30.9 Å². The number of halogens is 1. The zero-order chi connectivity index (χ0) is 16.8. The first-order valence-corrected chi connectivity index (χ1v) is 9.21. The molecule has 3 atom stereocenters. The molecule has 1 aromatic rings. The number of amides is 1. The molecule has 3 rings (SSSR count). The lowest BCUT2D eigenvalue weighted by atomic mass is 9.94. The van der Waals surface area contributed by atoms with Gasteiger partial charge in [0.05, 0.1) is 23.8 Å². The summed E-state index contributed by atoms with van der Waals surface area (Å²) in [5, 5.41) is 10.6. The van der Waals surface area contributed by atoms with Crippen LogP contribution >= 0.6 is 11.6 Å². The molecule has 3 N–H and O–H groups in total. The smallest absolute Gasteiger partial charge is 0.252 e. The second kappa shape index (κ2) is 8.81. The summed E-state index contributed by atoms with van der Waals surface area (Å²) in [6.45, 7) is 3.94. The molecule has 1 saturated carbocycles. The lowest BCUT2D eigenvalue weighted by Crippen LogP contribution is -2.51. The zero-order valence-electron chi connectivity index (χ0n) is 13.9. The fourth-order valence-electron chi connectivity index (χ4n) is 3.76. The van der Waals surface area contributed by atoms with Crippen molar-refractivity contribution in [2.75, 3.05) is 32.8 Å². The Labute approximate surface area is 148 Å². The molecule has 24 heavy (non-hydrogen) atoms. The number of carbonyl (C=O) groups is 1. The van der Waals surface area contributed by atoms with Gasteiger partial charge in [0.2, 0.25) is 0 Å². The van der Waals surface area contributed by atoms with Crippen molar-refractivity contribution in [2.24, 2.45) is 5.92 Å². The molecule has 2 aliphatic rings. The van der Waals surface area contributed by atoms with E-state index < -0.39 is 0 Å². The molecule has 5 nitrogen and oxygen atoms in total. The number of morpholine rings is 1. The SMILES string of the molecule is O=C(NCCNC1CCCC1C1COCCN1)c1ccccc1Cl. The largest absolute Gasteiger partial charge is 0.379 e. The van der Waals surface area contributed by atoms with Crippen LogP contribution in [0.4, 0.5) is 0 Å². The monoisotopic (exact) mass is 351 g/mol. The third-order valence-corrected chi connectivity index (χ3v) is 5.30. The van der Waals surface area contributed by atoms with Crippen LogP contribution in [-0.4, -0.2) is 50.8 Å². The predicted octanol–water partition coefficient (Wildman–Crippen LogP) is 1.82. The Kier molecular flexibility index (Phi) is 6.49. The maximum absolute atomic E-state index is 12.1. The van der Waals surface area contributed by atoms with E-state index in [-0.39, 0.29) is 5.91 Å². The molecule has 1 amide bonds. The van der Waals surface area contributed by atoms with Gasteiger partial charge in [-0.2, -0.15) is 0 Å². The van der Waals surface area contributed by atoms with Crippen molar-refractivity contribution < 1.29 is 9.53 Å². The summed E-state index contributed by atoms with van der Waals surface area (Å²) >= 11 is 6.05. The van der Waals surface area contributed by atoms with Crippen molar-refractivity contribution in [2.45, 2.75) is 31.3 Å². The maximum atomic E-state index is 12.1. The summed E-state index contributed by atoms with van der Waals surface area (Å²) in [4.78, 5) is 12.1. The third-order valence-electron chi connectivity index (χ3n) is 4.97. The minimum atomic E-state index is -0.118. The average molecular weight is 352 g/mol. The first kappa shape index (κ1) is 17.7. The molecule has 0 bridgehead atoms. The van der Waals surface area contributed by atoms with Crippen LogP contribution in [0.25, 0.3) is 0 Å². The lowest BCUT2D eigenvalue weighted by molar-refractivity contribution is 0.0526. The van der Waals surface area contributed by atoms with Crippen LogP contribution in [0.3, 0.4) is 0 Å². The molecular weight excluding hydrogens is 326 g/mol. The number of ether oxygens (including phenoxy) is 1. The molecule has 0 radical (unpaired) electrons. The summed E-state index contributed by atoms with van der Waals surface area (Å²) < 4.78 is 5.60. The Morgan fingerprint density at radius 2 is 2.17 bits per heavy atom. The highest BCUT2D eigenvalue weighted by Crippen LogP contribution is 2.29. The van der Waals surface area contributed by atoms with Crippen LogP contribution in [0.1, 0.15) is 29.6 Å². The van der Waals surface area contributed by atoms with Gasteiger partial charge in [-0.25, -0.2) is 0 Å². The number of rotatable bonds is 6. The van der Waals surface area contributed by atoms with Crippen LogP contribution in [0, 0.1) is 5.92 Å². The maximum Gasteiger partial charge on any atom is 0.252 e. The molecule has 1 saturated heterocycles. The van der Waals surface area contributed by atoms with Crippen molar-refractivity contribution in [3.63, 3.8) is 0 Å². The highest BCUT2D eigenvalue weighted by Gasteiger charge is 2.34. The second-order valence-corrected chi connectivity index (χ2v) is 6.93. The van der Waals surface area contributed by atoms with E-state index in [1.807, 2.05) is 12.1 Å². The molecule has 1 aromatic carbocycles. The molecular formula is C18H26ClN3O2. The number of benzene rings is 1. The first-order chi connectivity index (χ1) is 11.8. The van der Waals surface area contributed by atoms with E-state index in [9.17, 15) is 4.79 Å². The Bertz CT molecular complexity index is 549. The number of nitrogens with one attached hydrogen (secondary N) is 3. The van der Waals surface area contributed by atoms with Gasteiger partial charge in [0, 0.05) is 31.7 Å². The Morgan fingerprint density at radius 3 is 2.96 bits per heavy atom. The minimum absolute atomic E-state index is 0.118. The first-order valence-electron chi connectivity index (χ1n) is 8.83. The molecule has 0 spiro atoms. The Balaban J connectivity index is 1.41. The van der Waals surface area contributed by atoms with Crippen molar-refractivity contribution in [3.05, 3.63) is 34.9 Å². The summed E-state index contributed by atoms with van der Waals surface area (Å²) in [5.74, 6) is 0.497. The molecule has 1 aliphatic heterocycles. The fraction of sp³-hybridized carbons (Fsp3) is 0.611. The minimum Gasteiger partial charge on any atom is -0.379 e.